The summed E-state index contributed by atoms with van der Waals surface area (Å²) in [4.78, 5) is 24.5. The Kier molecular flexibility index (Phi) is 7.09. The van der Waals surface area contributed by atoms with Gasteiger partial charge in [0.2, 0.25) is 5.95 Å². The van der Waals surface area contributed by atoms with Crippen LogP contribution in [0.4, 0.5) is 23.0 Å². The fraction of sp³-hybridized carbons (Fsp3) is 0.333. The molecule has 1 N–H and O–H groups in total. The molecule has 2 aromatic carbocycles. The zero-order chi connectivity index (χ0) is 27.0. The van der Waals surface area contributed by atoms with Gasteiger partial charge in [-0.15, -0.1) is 0 Å². The molecule has 0 amide bonds. The van der Waals surface area contributed by atoms with Crippen LogP contribution in [-0.2, 0) is 13.0 Å². The number of hydrogen-bond donors (Lipinski definition) is 1. The van der Waals surface area contributed by atoms with Crippen LogP contribution in [0, 0.1) is 10.1 Å². The first-order chi connectivity index (χ1) is 18.3. The summed E-state index contributed by atoms with van der Waals surface area (Å²) in [5.41, 5.74) is 4.86. The molecule has 0 bridgehead atoms. The molecule has 4 aromatic rings. The fourth-order valence-corrected chi connectivity index (χ4v) is 5.12. The van der Waals surface area contributed by atoms with Gasteiger partial charge >= 0.3 is 0 Å². The maximum Gasteiger partial charge on any atom is 0.294 e. The van der Waals surface area contributed by atoms with Crippen LogP contribution in [-0.4, -0.2) is 65.7 Å². The van der Waals surface area contributed by atoms with E-state index in [2.05, 4.69) is 39.3 Å². The topological polar surface area (TPSA) is 102 Å². The van der Waals surface area contributed by atoms with Crippen molar-refractivity contribution >= 4 is 45.5 Å². The molecule has 0 atom stereocenters. The highest BCUT2D eigenvalue weighted by Gasteiger charge is 2.24. The number of nitro groups is 1. The first-order valence-corrected chi connectivity index (χ1v) is 12.8. The van der Waals surface area contributed by atoms with Crippen LogP contribution in [0.3, 0.4) is 0 Å². The molecule has 0 unspecified atom stereocenters. The second-order valence-electron chi connectivity index (χ2n) is 9.69. The maximum absolute atomic E-state index is 12.0. The van der Waals surface area contributed by atoms with Gasteiger partial charge in [0.15, 0.2) is 0 Å². The SMILES string of the molecule is COc1cc(N(C)CCN(C)C)c([N+](=O)[O-])cc1Nc1ncc(Cl)c(-c2cn3c4c(cccc24)CCC3)n1. The monoisotopic (exact) mass is 535 g/mol. The zero-order valence-electron chi connectivity index (χ0n) is 21.9. The van der Waals surface area contributed by atoms with Crippen LogP contribution in [0.25, 0.3) is 22.2 Å². The molecule has 0 spiro atoms. The van der Waals surface area contributed by atoms with Crippen molar-refractivity contribution in [2.45, 2.75) is 19.4 Å². The lowest BCUT2D eigenvalue weighted by Gasteiger charge is -2.22. The van der Waals surface area contributed by atoms with Gasteiger partial charge in [0.1, 0.15) is 11.4 Å². The lowest BCUT2D eigenvalue weighted by atomic mass is 10.0. The molecule has 3 heterocycles. The molecule has 0 aliphatic carbocycles. The molecular formula is C27H30ClN7O3. The Morgan fingerprint density at radius 3 is 2.79 bits per heavy atom. The van der Waals surface area contributed by atoms with E-state index in [-0.39, 0.29) is 11.6 Å². The minimum absolute atomic E-state index is 0.0438. The lowest BCUT2D eigenvalue weighted by Crippen LogP contribution is -2.28. The van der Waals surface area contributed by atoms with Crippen molar-refractivity contribution in [1.29, 1.82) is 0 Å². The molecule has 10 nitrogen and oxygen atoms in total. The van der Waals surface area contributed by atoms with Crippen LogP contribution in [0.5, 0.6) is 5.75 Å². The summed E-state index contributed by atoms with van der Waals surface area (Å²) in [6.45, 7) is 2.30. The highest BCUT2D eigenvalue weighted by atomic mass is 35.5. The van der Waals surface area contributed by atoms with E-state index in [4.69, 9.17) is 21.3 Å². The number of methoxy groups -OCH3 is 1. The van der Waals surface area contributed by atoms with E-state index in [1.54, 1.807) is 12.3 Å². The Morgan fingerprint density at radius 1 is 1.24 bits per heavy atom. The summed E-state index contributed by atoms with van der Waals surface area (Å²) in [5.74, 6) is 0.701. The summed E-state index contributed by atoms with van der Waals surface area (Å²) in [5, 5.41) is 16.6. The van der Waals surface area contributed by atoms with Gasteiger partial charge in [-0.3, -0.25) is 10.1 Å². The van der Waals surface area contributed by atoms with E-state index in [9.17, 15) is 10.1 Å². The number of likely N-dealkylation sites (N-methyl/N-ethyl adjacent to an activating group) is 2. The lowest BCUT2D eigenvalue weighted by molar-refractivity contribution is -0.384. The largest absolute Gasteiger partial charge is 0.494 e. The highest BCUT2D eigenvalue weighted by molar-refractivity contribution is 6.33. The fourth-order valence-electron chi connectivity index (χ4n) is 4.93. The average Bonchev–Trinajstić information content (AvgIpc) is 3.28. The van der Waals surface area contributed by atoms with E-state index < -0.39 is 4.92 Å². The van der Waals surface area contributed by atoms with Crippen LogP contribution in [0.1, 0.15) is 12.0 Å². The molecule has 1 aliphatic heterocycles. The molecule has 5 rings (SSSR count). The smallest absolute Gasteiger partial charge is 0.294 e. The number of nitrogens with one attached hydrogen (secondary N) is 1. The Bertz CT molecular complexity index is 1520. The number of aryl methyl sites for hydroxylation is 2. The normalized spacial score (nSPS) is 12.7. The van der Waals surface area contributed by atoms with Crippen molar-refractivity contribution in [3.05, 3.63) is 63.4 Å². The van der Waals surface area contributed by atoms with Crippen LogP contribution >= 0.6 is 11.6 Å². The van der Waals surface area contributed by atoms with Gasteiger partial charge in [0.05, 0.1) is 40.2 Å². The summed E-state index contributed by atoms with van der Waals surface area (Å²) in [6, 6.07) is 9.43. The van der Waals surface area contributed by atoms with Gasteiger partial charge in [-0.05, 0) is 32.5 Å². The predicted octanol–water partition coefficient (Wildman–Crippen LogP) is 5.36. The van der Waals surface area contributed by atoms with E-state index in [1.807, 2.05) is 30.9 Å². The highest BCUT2D eigenvalue weighted by Crippen LogP contribution is 2.40. The van der Waals surface area contributed by atoms with E-state index in [0.29, 0.717) is 34.4 Å². The van der Waals surface area contributed by atoms with Gasteiger partial charge in [-0.2, -0.15) is 0 Å². The van der Waals surface area contributed by atoms with E-state index in [1.165, 1.54) is 24.3 Å². The summed E-state index contributed by atoms with van der Waals surface area (Å²) in [6.07, 6.45) is 5.77. The molecule has 0 saturated carbocycles. The van der Waals surface area contributed by atoms with Crippen molar-refractivity contribution in [2.24, 2.45) is 0 Å². The number of ether oxygens (including phenoxy) is 1. The number of nitrogens with zero attached hydrogens (tertiary/aromatic N) is 6. The third kappa shape index (κ3) is 4.84. The molecule has 2 aromatic heterocycles. The Labute approximate surface area is 226 Å². The Hall–Kier alpha value is -3.89. The minimum atomic E-state index is -0.395. The van der Waals surface area contributed by atoms with Crippen molar-refractivity contribution < 1.29 is 9.66 Å². The third-order valence-corrected chi connectivity index (χ3v) is 7.14. The summed E-state index contributed by atoms with van der Waals surface area (Å²) >= 11 is 6.59. The third-order valence-electron chi connectivity index (χ3n) is 6.86. The molecular weight excluding hydrogens is 506 g/mol. The van der Waals surface area contributed by atoms with Gasteiger partial charge in [0.25, 0.3) is 5.69 Å². The van der Waals surface area contributed by atoms with Crippen LogP contribution in [0.2, 0.25) is 5.02 Å². The minimum Gasteiger partial charge on any atom is -0.494 e. The van der Waals surface area contributed by atoms with Gasteiger partial charge in [-0.25, -0.2) is 9.97 Å². The number of halogens is 1. The van der Waals surface area contributed by atoms with Crippen LogP contribution < -0.4 is 15.0 Å². The van der Waals surface area contributed by atoms with Crippen molar-refractivity contribution in [3.63, 3.8) is 0 Å². The van der Waals surface area contributed by atoms with E-state index >= 15 is 0 Å². The second kappa shape index (κ2) is 10.5. The molecule has 198 valence electrons. The standard InChI is InChI=1S/C27H30ClN7O3/c1-32(2)11-12-33(3)22-14-24(38-4)21(13-23(22)35(36)37)30-27-29-15-20(28)25(31-27)19-16-34-10-6-8-17-7-5-9-18(19)26(17)34/h5,7,9,13-16H,6,8,10-12H2,1-4H3,(H,29,30,31). The number of anilines is 3. The Morgan fingerprint density at radius 2 is 2.05 bits per heavy atom. The maximum atomic E-state index is 12.0. The van der Waals surface area contributed by atoms with E-state index in [0.717, 1.165) is 36.9 Å². The molecule has 1 aliphatic rings. The first-order valence-electron chi connectivity index (χ1n) is 12.4. The van der Waals surface area contributed by atoms with Crippen molar-refractivity contribution in [2.75, 3.05) is 51.6 Å². The number of hydrogen-bond acceptors (Lipinski definition) is 8. The van der Waals surface area contributed by atoms with Gasteiger partial charge in [-0.1, -0.05) is 29.8 Å². The number of rotatable bonds is 9. The van der Waals surface area contributed by atoms with Crippen molar-refractivity contribution in [3.8, 4) is 17.0 Å². The van der Waals surface area contributed by atoms with Gasteiger partial charge < -0.3 is 24.4 Å². The van der Waals surface area contributed by atoms with Crippen LogP contribution in [0.15, 0.2) is 42.7 Å². The number of benzene rings is 2. The summed E-state index contributed by atoms with van der Waals surface area (Å²) in [7, 11) is 7.27. The second-order valence-corrected chi connectivity index (χ2v) is 10.1. The number of aromatic nitrogens is 3. The molecule has 0 fully saturated rings. The average molecular weight is 536 g/mol. The first kappa shape index (κ1) is 25.7. The number of para-hydroxylation sites is 1. The zero-order valence-corrected chi connectivity index (χ0v) is 22.6. The summed E-state index contributed by atoms with van der Waals surface area (Å²) < 4.78 is 7.85. The van der Waals surface area contributed by atoms with Gasteiger partial charge in [0, 0.05) is 56.0 Å². The Balaban J connectivity index is 1.53. The number of nitro benzene ring substituents is 1. The predicted molar refractivity (Wildman–Crippen MR) is 151 cm³/mol. The molecule has 11 heteroatoms. The molecule has 38 heavy (non-hydrogen) atoms. The molecule has 0 radical (unpaired) electrons. The van der Waals surface area contributed by atoms with Crippen molar-refractivity contribution in [1.82, 2.24) is 19.4 Å². The quantitative estimate of drug-likeness (QED) is 0.226. The molecule has 0 saturated heterocycles.